The molecule has 0 unspecified atom stereocenters. The first kappa shape index (κ1) is 16.8. The molecule has 3 rings (SSSR count). The van der Waals surface area contributed by atoms with Crippen molar-refractivity contribution in [3.63, 3.8) is 0 Å². The summed E-state index contributed by atoms with van der Waals surface area (Å²) in [5, 5.41) is 3.64. The van der Waals surface area contributed by atoms with Gasteiger partial charge in [0.1, 0.15) is 11.3 Å². The number of amides is 1. The highest BCUT2D eigenvalue weighted by Crippen LogP contribution is 2.21. The zero-order chi connectivity index (χ0) is 17.8. The number of benzene rings is 2. The number of rotatable bonds is 5. The molecule has 5 heteroatoms. The quantitative estimate of drug-likeness (QED) is 0.719. The second-order valence-electron chi connectivity index (χ2n) is 5.87. The van der Waals surface area contributed by atoms with Gasteiger partial charge in [0, 0.05) is 23.2 Å². The van der Waals surface area contributed by atoms with Crippen molar-refractivity contribution in [2.75, 3.05) is 11.9 Å². The maximum Gasteiger partial charge on any atom is 0.336 e. The zero-order valence-corrected chi connectivity index (χ0v) is 14.2. The van der Waals surface area contributed by atoms with E-state index in [1.54, 1.807) is 12.1 Å². The fourth-order valence-corrected chi connectivity index (χ4v) is 2.60. The Morgan fingerprint density at radius 3 is 2.68 bits per heavy atom. The summed E-state index contributed by atoms with van der Waals surface area (Å²) >= 11 is 0. The average molecular weight is 337 g/mol. The van der Waals surface area contributed by atoms with Crippen molar-refractivity contribution in [2.24, 2.45) is 0 Å². The normalized spacial score (nSPS) is 10.6. The van der Waals surface area contributed by atoms with Crippen LogP contribution in [0.5, 0.6) is 5.75 Å². The Balaban J connectivity index is 1.62. The fraction of sp³-hybridized carbons (Fsp3) is 0.200. The topological polar surface area (TPSA) is 68.5 Å². The summed E-state index contributed by atoms with van der Waals surface area (Å²) in [7, 11) is 0. The molecule has 0 aliphatic rings. The summed E-state index contributed by atoms with van der Waals surface area (Å²) in [5.74, 6) is 0.612. The molecule has 0 bridgehead atoms. The van der Waals surface area contributed by atoms with Crippen LogP contribution in [0.15, 0.2) is 57.7 Å². The van der Waals surface area contributed by atoms with E-state index in [1.165, 1.54) is 6.07 Å². The molecule has 0 aliphatic carbocycles. The van der Waals surface area contributed by atoms with Crippen LogP contribution in [0.2, 0.25) is 0 Å². The van der Waals surface area contributed by atoms with Crippen molar-refractivity contribution in [1.29, 1.82) is 0 Å². The van der Waals surface area contributed by atoms with Crippen molar-refractivity contribution < 1.29 is 13.9 Å². The summed E-state index contributed by atoms with van der Waals surface area (Å²) in [4.78, 5) is 23.5. The molecule has 0 fully saturated rings. The number of hydrogen-bond acceptors (Lipinski definition) is 4. The molecule has 25 heavy (non-hydrogen) atoms. The molecule has 1 N–H and O–H groups in total. The number of ether oxygens (including phenoxy) is 1. The lowest BCUT2D eigenvalue weighted by Crippen LogP contribution is -2.15. The summed E-state index contributed by atoms with van der Waals surface area (Å²) in [6.07, 6.45) is 0.226. The Bertz CT molecular complexity index is 975. The molecule has 0 saturated carbocycles. The van der Waals surface area contributed by atoms with Gasteiger partial charge in [0.2, 0.25) is 5.91 Å². The van der Waals surface area contributed by atoms with Crippen molar-refractivity contribution in [3.8, 4) is 5.75 Å². The van der Waals surface area contributed by atoms with E-state index in [0.29, 0.717) is 17.9 Å². The molecule has 0 radical (unpaired) electrons. The monoisotopic (exact) mass is 337 g/mol. The van der Waals surface area contributed by atoms with E-state index in [0.717, 1.165) is 22.3 Å². The van der Waals surface area contributed by atoms with E-state index in [1.807, 2.05) is 44.2 Å². The summed E-state index contributed by atoms with van der Waals surface area (Å²) < 4.78 is 10.8. The SMILES string of the molecule is Cc1ccccc1OCCC(=O)Nc1ccc2c(C)cc(=O)oc2c1. The van der Waals surface area contributed by atoms with Crippen LogP contribution in [0.3, 0.4) is 0 Å². The minimum atomic E-state index is -0.403. The minimum Gasteiger partial charge on any atom is -0.493 e. The molecule has 0 spiro atoms. The molecule has 0 atom stereocenters. The van der Waals surface area contributed by atoms with Crippen molar-refractivity contribution >= 4 is 22.6 Å². The van der Waals surface area contributed by atoms with Crippen molar-refractivity contribution in [1.82, 2.24) is 0 Å². The van der Waals surface area contributed by atoms with Gasteiger partial charge in [-0.1, -0.05) is 18.2 Å². The second-order valence-corrected chi connectivity index (χ2v) is 5.87. The molecular formula is C20H19NO4. The van der Waals surface area contributed by atoms with Crippen LogP contribution < -0.4 is 15.7 Å². The summed E-state index contributed by atoms with van der Waals surface area (Å²) in [6, 6.07) is 14.4. The molecule has 128 valence electrons. The number of nitrogens with one attached hydrogen (secondary N) is 1. The Kier molecular flexibility index (Phi) is 4.84. The maximum absolute atomic E-state index is 12.1. The van der Waals surface area contributed by atoms with Gasteiger partial charge in [0.25, 0.3) is 0 Å². The fourth-order valence-electron chi connectivity index (χ4n) is 2.60. The van der Waals surface area contributed by atoms with Gasteiger partial charge < -0.3 is 14.5 Å². The minimum absolute atomic E-state index is 0.164. The lowest BCUT2D eigenvalue weighted by atomic mass is 10.1. The summed E-state index contributed by atoms with van der Waals surface area (Å²) in [6.45, 7) is 4.10. The predicted molar refractivity (Wildman–Crippen MR) is 97.1 cm³/mol. The number of anilines is 1. The lowest BCUT2D eigenvalue weighted by Gasteiger charge is -2.09. The van der Waals surface area contributed by atoms with E-state index in [2.05, 4.69) is 5.32 Å². The van der Waals surface area contributed by atoms with Crippen LogP contribution in [0, 0.1) is 13.8 Å². The molecule has 1 amide bonds. The van der Waals surface area contributed by atoms with Crippen LogP contribution >= 0.6 is 0 Å². The predicted octanol–water partition coefficient (Wildman–Crippen LogP) is 3.82. The van der Waals surface area contributed by atoms with Gasteiger partial charge in [-0.15, -0.1) is 0 Å². The highest BCUT2D eigenvalue weighted by atomic mass is 16.5. The molecule has 1 aromatic heterocycles. The third-order valence-electron chi connectivity index (χ3n) is 3.92. The molecule has 3 aromatic rings. The first-order valence-electron chi connectivity index (χ1n) is 8.06. The van der Waals surface area contributed by atoms with Gasteiger partial charge in [-0.3, -0.25) is 4.79 Å². The third-order valence-corrected chi connectivity index (χ3v) is 3.92. The van der Waals surface area contributed by atoms with E-state index in [4.69, 9.17) is 9.15 Å². The molecule has 1 heterocycles. The molecular weight excluding hydrogens is 318 g/mol. The Morgan fingerprint density at radius 2 is 1.88 bits per heavy atom. The highest BCUT2D eigenvalue weighted by molar-refractivity contribution is 5.93. The standard InChI is InChI=1S/C20H19NO4/c1-13-5-3-4-6-17(13)24-10-9-19(22)21-15-7-8-16-14(2)11-20(23)25-18(16)12-15/h3-8,11-12H,9-10H2,1-2H3,(H,21,22). The highest BCUT2D eigenvalue weighted by Gasteiger charge is 2.07. The van der Waals surface area contributed by atoms with Crippen LogP contribution in [0.25, 0.3) is 11.0 Å². The second kappa shape index (κ2) is 7.21. The van der Waals surface area contributed by atoms with Crippen LogP contribution in [-0.2, 0) is 4.79 Å². The number of aryl methyl sites for hydroxylation is 2. The van der Waals surface area contributed by atoms with Crippen molar-refractivity contribution in [2.45, 2.75) is 20.3 Å². The van der Waals surface area contributed by atoms with E-state index >= 15 is 0 Å². The van der Waals surface area contributed by atoms with Gasteiger partial charge in [0.15, 0.2) is 0 Å². The third kappa shape index (κ3) is 4.07. The van der Waals surface area contributed by atoms with Crippen LogP contribution in [0.4, 0.5) is 5.69 Å². The van der Waals surface area contributed by atoms with E-state index in [9.17, 15) is 9.59 Å². The Labute approximate surface area is 145 Å². The van der Waals surface area contributed by atoms with Gasteiger partial charge in [-0.2, -0.15) is 0 Å². The first-order chi connectivity index (χ1) is 12.0. The largest absolute Gasteiger partial charge is 0.493 e. The van der Waals surface area contributed by atoms with E-state index in [-0.39, 0.29) is 12.3 Å². The Hall–Kier alpha value is -3.08. The van der Waals surface area contributed by atoms with Gasteiger partial charge in [0.05, 0.1) is 13.0 Å². The summed E-state index contributed by atoms with van der Waals surface area (Å²) in [5.41, 5.74) is 2.51. The van der Waals surface area contributed by atoms with Crippen LogP contribution in [-0.4, -0.2) is 12.5 Å². The smallest absolute Gasteiger partial charge is 0.336 e. The zero-order valence-electron chi connectivity index (χ0n) is 14.2. The number of hydrogen-bond donors (Lipinski definition) is 1. The molecule has 2 aromatic carbocycles. The molecule has 0 saturated heterocycles. The van der Waals surface area contributed by atoms with E-state index < -0.39 is 5.63 Å². The van der Waals surface area contributed by atoms with Gasteiger partial charge in [-0.05, 0) is 43.2 Å². The molecule has 5 nitrogen and oxygen atoms in total. The van der Waals surface area contributed by atoms with Crippen molar-refractivity contribution in [3.05, 3.63) is 70.1 Å². The lowest BCUT2D eigenvalue weighted by molar-refractivity contribution is -0.116. The van der Waals surface area contributed by atoms with Crippen LogP contribution in [0.1, 0.15) is 17.5 Å². The first-order valence-corrected chi connectivity index (χ1v) is 8.06. The maximum atomic E-state index is 12.1. The van der Waals surface area contributed by atoms with Gasteiger partial charge >= 0.3 is 5.63 Å². The van der Waals surface area contributed by atoms with Gasteiger partial charge in [-0.25, -0.2) is 4.79 Å². The number of para-hydroxylation sites is 1. The number of carbonyl (C=O) groups excluding carboxylic acids is 1. The number of fused-ring (bicyclic) bond motifs is 1. The Morgan fingerprint density at radius 1 is 1.08 bits per heavy atom. The number of carbonyl (C=O) groups is 1. The average Bonchev–Trinajstić information content (AvgIpc) is 2.56. The molecule has 0 aliphatic heterocycles.